The first kappa shape index (κ1) is 33.3. The highest BCUT2D eigenvalue weighted by atomic mass is 19.4. The molecule has 3 aliphatic heterocycles. The number of carbonyl (C=O) groups excluding carboxylic acids is 6. The molecule has 0 unspecified atom stereocenters. The van der Waals surface area contributed by atoms with Gasteiger partial charge < -0.3 is 36.2 Å². The van der Waals surface area contributed by atoms with Gasteiger partial charge in [-0.15, -0.1) is 0 Å². The van der Waals surface area contributed by atoms with Crippen molar-refractivity contribution in [2.24, 2.45) is 34.8 Å². The summed E-state index contributed by atoms with van der Waals surface area (Å²) in [6.45, 7) is 9.17. The highest BCUT2D eigenvalue weighted by Crippen LogP contribution is 2.65. The predicted molar refractivity (Wildman–Crippen MR) is 147 cm³/mol. The Kier molecular flexibility index (Phi) is 8.88. The Labute approximate surface area is 253 Å². The summed E-state index contributed by atoms with van der Waals surface area (Å²) in [5.41, 5.74) is 4.33. The molecule has 0 spiro atoms. The van der Waals surface area contributed by atoms with Gasteiger partial charge in [-0.05, 0) is 57.3 Å². The molecule has 0 radical (unpaired) electrons. The molecule has 0 aromatic carbocycles. The van der Waals surface area contributed by atoms with Gasteiger partial charge in [0, 0.05) is 38.0 Å². The van der Waals surface area contributed by atoms with Gasteiger partial charge in [-0.2, -0.15) is 13.2 Å². The molecule has 1 saturated carbocycles. The third-order valence-corrected chi connectivity index (χ3v) is 9.26. The monoisotopic (exact) mass is 630 g/mol. The van der Waals surface area contributed by atoms with Gasteiger partial charge in [-0.3, -0.25) is 24.0 Å². The normalized spacial score (nSPS) is 28.9. The molecule has 6 amide bonds. The predicted octanol–water partition coefficient (Wildman–Crippen LogP) is 0.270. The second-order valence-electron chi connectivity index (χ2n) is 13.8. The van der Waals surface area contributed by atoms with E-state index < -0.39 is 71.5 Å². The van der Waals surface area contributed by atoms with E-state index in [4.69, 9.17) is 10.5 Å². The highest BCUT2D eigenvalue weighted by Gasteiger charge is 2.70. The zero-order chi connectivity index (χ0) is 32.9. The van der Waals surface area contributed by atoms with Crippen molar-refractivity contribution in [1.29, 1.82) is 0 Å². The number of primary amides is 1. The van der Waals surface area contributed by atoms with Crippen molar-refractivity contribution in [2.75, 3.05) is 26.2 Å². The average Bonchev–Trinajstić information content (AvgIpc) is 3.43. The summed E-state index contributed by atoms with van der Waals surface area (Å²) >= 11 is 0. The fraction of sp³-hybridized carbons (Fsp3) is 0.786. The number of nitrogens with zero attached hydrogens (tertiary/aromatic N) is 2. The van der Waals surface area contributed by atoms with Crippen molar-refractivity contribution >= 4 is 35.6 Å². The molecule has 44 heavy (non-hydrogen) atoms. The Balaban J connectivity index is 1.56. The van der Waals surface area contributed by atoms with Crippen LogP contribution < -0.4 is 21.7 Å². The Morgan fingerprint density at radius 3 is 2.30 bits per heavy atom. The third-order valence-electron chi connectivity index (χ3n) is 9.26. The Bertz CT molecular complexity index is 1220. The quantitative estimate of drug-likeness (QED) is 0.297. The number of hydrogen-bond donors (Lipinski definition) is 4. The van der Waals surface area contributed by atoms with E-state index in [-0.39, 0.29) is 55.6 Å². The van der Waals surface area contributed by atoms with E-state index in [2.05, 4.69) is 10.6 Å². The van der Waals surface area contributed by atoms with E-state index in [1.807, 2.05) is 19.2 Å². The largest absolute Gasteiger partial charge is 0.471 e. The SMILES string of the molecule is CC(C)(C)OC(=O)N1CC[C@H]([C@H](NC(=O)C(F)(F)F)C(=O)N2C[C@H]3[C@@H]([C@H]2C(=O)N[C@@H](C[C@@H]2CCNC2=O)C(N)=O)C3(C)C)C1. The standard InChI is InChI=1S/C28H41F3N6O7/c1-26(2,3)44-25(43)36-9-7-14(11-36)18(35-24(42)28(29,30)31)23(41)37-12-15-17(27(15,4)5)19(37)22(40)34-16(20(32)38)10-13-6-8-33-21(13)39/h13-19H,6-12H2,1-5H3,(H2,32,38)(H,33,39)(H,34,40)(H,35,42)/t13-,14-,15-,16-,17-,18-,19-/m0/s1. The summed E-state index contributed by atoms with van der Waals surface area (Å²) in [5.74, 6) is -7.04. The van der Waals surface area contributed by atoms with E-state index in [1.165, 1.54) is 4.90 Å². The molecule has 1 aliphatic carbocycles. The molecule has 4 rings (SSSR count). The number of piperidine rings is 1. The number of rotatable bonds is 8. The second kappa shape index (κ2) is 11.7. The van der Waals surface area contributed by atoms with Gasteiger partial charge in [0.25, 0.3) is 0 Å². The average molecular weight is 631 g/mol. The van der Waals surface area contributed by atoms with Crippen molar-refractivity contribution in [3.05, 3.63) is 0 Å². The summed E-state index contributed by atoms with van der Waals surface area (Å²) in [7, 11) is 0. The number of hydrogen-bond acceptors (Lipinski definition) is 7. The van der Waals surface area contributed by atoms with Gasteiger partial charge in [-0.1, -0.05) is 13.8 Å². The lowest BCUT2D eigenvalue weighted by atomic mass is 9.94. The fourth-order valence-electron chi connectivity index (χ4n) is 6.81. The molecule has 5 N–H and O–H groups in total. The van der Waals surface area contributed by atoms with Crippen LogP contribution in [0.5, 0.6) is 0 Å². The van der Waals surface area contributed by atoms with E-state index >= 15 is 0 Å². The molecule has 3 heterocycles. The smallest absolute Gasteiger partial charge is 0.444 e. The number of fused-ring (bicyclic) bond motifs is 1. The number of nitrogens with one attached hydrogen (secondary N) is 3. The van der Waals surface area contributed by atoms with Gasteiger partial charge in [0.15, 0.2) is 0 Å². The van der Waals surface area contributed by atoms with Crippen LogP contribution in [0.15, 0.2) is 0 Å². The maximum Gasteiger partial charge on any atom is 0.471 e. The minimum atomic E-state index is -5.28. The molecule has 13 nitrogen and oxygen atoms in total. The van der Waals surface area contributed by atoms with Crippen LogP contribution in [0.4, 0.5) is 18.0 Å². The number of amides is 6. The third kappa shape index (κ3) is 6.88. The van der Waals surface area contributed by atoms with Crippen LogP contribution in [0, 0.1) is 29.1 Å². The fourth-order valence-corrected chi connectivity index (χ4v) is 6.81. The van der Waals surface area contributed by atoms with Crippen molar-refractivity contribution in [1.82, 2.24) is 25.8 Å². The zero-order valence-electron chi connectivity index (χ0n) is 25.5. The molecule has 16 heteroatoms. The number of carbonyl (C=O) groups is 6. The lowest BCUT2D eigenvalue weighted by Gasteiger charge is -2.35. The number of ether oxygens (including phenoxy) is 1. The first-order chi connectivity index (χ1) is 20.2. The molecular formula is C28H41F3N6O7. The molecule has 4 fully saturated rings. The van der Waals surface area contributed by atoms with Gasteiger partial charge in [0.2, 0.25) is 23.6 Å². The van der Waals surface area contributed by atoms with Crippen LogP contribution in [0.3, 0.4) is 0 Å². The van der Waals surface area contributed by atoms with Gasteiger partial charge in [-0.25, -0.2) is 4.79 Å². The first-order valence-electron chi connectivity index (χ1n) is 14.8. The molecule has 7 atom stereocenters. The van der Waals surface area contributed by atoms with Gasteiger partial charge in [0.1, 0.15) is 23.7 Å². The second-order valence-corrected chi connectivity index (χ2v) is 13.8. The summed E-state index contributed by atoms with van der Waals surface area (Å²) < 4.78 is 45.4. The summed E-state index contributed by atoms with van der Waals surface area (Å²) in [5, 5.41) is 7.05. The lowest BCUT2D eigenvalue weighted by Crippen LogP contribution is -2.60. The maximum absolute atomic E-state index is 14.0. The van der Waals surface area contributed by atoms with Crippen LogP contribution in [0.2, 0.25) is 0 Å². The van der Waals surface area contributed by atoms with Crippen LogP contribution in [0.1, 0.15) is 53.9 Å². The van der Waals surface area contributed by atoms with Crippen molar-refractivity contribution in [2.45, 2.75) is 83.8 Å². The summed E-state index contributed by atoms with van der Waals surface area (Å²) in [6.07, 6.45) is -5.48. The molecular weight excluding hydrogens is 589 g/mol. The molecule has 0 bridgehead atoms. The minimum Gasteiger partial charge on any atom is -0.444 e. The molecule has 4 aliphatic rings. The van der Waals surface area contributed by atoms with Gasteiger partial charge in [0.05, 0.1) is 0 Å². The highest BCUT2D eigenvalue weighted by molar-refractivity contribution is 5.96. The first-order valence-corrected chi connectivity index (χ1v) is 14.8. The van der Waals surface area contributed by atoms with Gasteiger partial charge >= 0.3 is 18.2 Å². The molecule has 0 aromatic heterocycles. The number of nitrogens with two attached hydrogens (primary N) is 1. The van der Waals surface area contributed by atoms with Crippen molar-refractivity contribution < 1.29 is 46.7 Å². The summed E-state index contributed by atoms with van der Waals surface area (Å²) in [4.78, 5) is 79.2. The van der Waals surface area contributed by atoms with E-state index in [0.717, 1.165) is 4.90 Å². The molecule has 3 saturated heterocycles. The molecule has 0 aromatic rings. The van der Waals surface area contributed by atoms with Crippen molar-refractivity contribution in [3.63, 3.8) is 0 Å². The van der Waals surface area contributed by atoms with Crippen LogP contribution in [-0.4, -0.2) is 102 Å². The zero-order valence-corrected chi connectivity index (χ0v) is 25.5. The van der Waals surface area contributed by atoms with E-state index in [0.29, 0.717) is 13.0 Å². The number of alkyl halides is 3. The minimum absolute atomic E-state index is 0.0434. The van der Waals surface area contributed by atoms with Crippen LogP contribution >= 0.6 is 0 Å². The number of halogens is 3. The van der Waals surface area contributed by atoms with Crippen LogP contribution in [-0.2, 0) is 28.7 Å². The van der Waals surface area contributed by atoms with E-state index in [1.54, 1.807) is 20.8 Å². The van der Waals surface area contributed by atoms with Crippen molar-refractivity contribution in [3.8, 4) is 0 Å². The Hall–Kier alpha value is -3.59. The lowest BCUT2D eigenvalue weighted by molar-refractivity contribution is -0.175. The Morgan fingerprint density at radius 1 is 1.09 bits per heavy atom. The Morgan fingerprint density at radius 2 is 1.75 bits per heavy atom. The number of likely N-dealkylation sites (tertiary alicyclic amines) is 2. The van der Waals surface area contributed by atoms with E-state index in [9.17, 15) is 41.9 Å². The topological polar surface area (TPSA) is 180 Å². The van der Waals surface area contributed by atoms with Crippen LogP contribution in [0.25, 0.3) is 0 Å². The summed E-state index contributed by atoms with van der Waals surface area (Å²) in [6, 6.07) is -4.07. The maximum atomic E-state index is 14.0. The molecule has 246 valence electrons.